The SMILES string of the molecule is CCn1c(CC#N)nc2c(N3C[C@@H](C)N(C(C)c4ccnc5c4OCCC5(F)F)C[C@@H]3C)nc(=O)n(C)c21. The summed E-state index contributed by atoms with van der Waals surface area (Å²) >= 11 is 0. The van der Waals surface area contributed by atoms with Crippen LogP contribution in [0.2, 0.25) is 0 Å². The highest BCUT2D eigenvalue weighted by molar-refractivity contribution is 5.84. The Morgan fingerprint density at radius 3 is 2.74 bits per heavy atom. The van der Waals surface area contributed by atoms with E-state index in [4.69, 9.17) is 9.72 Å². The molecule has 202 valence electrons. The normalized spacial score (nSPS) is 22.1. The number of nitriles is 1. The zero-order valence-corrected chi connectivity index (χ0v) is 22.3. The maximum atomic E-state index is 14.5. The summed E-state index contributed by atoms with van der Waals surface area (Å²) in [5.41, 5.74) is 1.25. The molecular formula is C26H32F2N8O2. The first-order chi connectivity index (χ1) is 18.1. The van der Waals surface area contributed by atoms with Gasteiger partial charge in [-0.05, 0) is 33.8 Å². The van der Waals surface area contributed by atoms with Crippen molar-refractivity contribution in [3.8, 4) is 11.8 Å². The lowest BCUT2D eigenvalue weighted by Crippen LogP contribution is -2.57. The summed E-state index contributed by atoms with van der Waals surface area (Å²) in [4.78, 5) is 30.3. The molecule has 12 heteroatoms. The van der Waals surface area contributed by atoms with Crippen molar-refractivity contribution in [3.05, 3.63) is 39.8 Å². The minimum Gasteiger partial charge on any atom is -0.491 e. The van der Waals surface area contributed by atoms with Crippen molar-refractivity contribution in [1.29, 1.82) is 5.26 Å². The molecular weight excluding hydrogens is 494 g/mol. The van der Waals surface area contributed by atoms with Crippen molar-refractivity contribution in [2.24, 2.45) is 7.05 Å². The van der Waals surface area contributed by atoms with Gasteiger partial charge in [0.15, 0.2) is 17.3 Å². The maximum absolute atomic E-state index is 14.5. The summed E-state index contributed by atoms with van der Waals surface area (Å²) in [6, 6.07) is 3.67. The van der Waals surface area contributed by atoms with Gasteiger partial charge in [-0.2, -0.15) is 19.0 Å². The number of imidazole rings is 1. The van der Waals surface area contributed by atoms with Gasteiger partial charge >= 0.3 is 5.69 Å². The van der Waals surface area contributed by atoms with Crippen molar-refractivity contribution >= 4 is 17.0 Å². The molecule has 3 aromatic heterocycles. The topological polar surface area (TPSA) is 105 Å². The molecule has 5 rings (SSSR count). The highest BCUT2D eigenvalue weighted by atomic mass is 19.3. The van der Waals surface area contributed by atoms with E-state index in [9.17, 15) is 18.8 Å². The second-order valence-corrected chi connectivity index (χ2v) is 10.2. The van der Waals surface area contributed by atoms with E-state index in [2.05, 4.69) is 39.7 Å². The number of pyridine rings is 1. The van der Waals surface area contributed by atoms with E-state index >= 15 is 0 Å². The van der Waals surface area contributed by atoms with Crippen LogP contribution >= 0.6 is 0 Å². The Bertz CT molecular complexity index is 1480. The van der Waals surface area contributed by atoms with E-state index in [1.165, 1.54) is 10.8 Å². The fraction of sp³-hybridized carbons (Fsp3) is 0.577. The van der Waals surface area contributed by atoms with Crippen LogP contribution in [0.3, 0.4) is 0 Å². The van der Waals surface area contributed by atoms with Gasteiger partial charge in [-0.25, -0.2) is 9.78 Å². The summed E-state index contributed by atoms with van der Waals surface area (Å²) in [5.74, 6) is -1.72. The van der Waals surface area contributed by atoms with Gasteiger partial charge in [-0.15, -0.1) is 0 Å². The summed E-state index contributed by atoms with van der Waals surface area (Å²) in [6.45, 7) is 9.75. The predicted octanol–water partition coefficient (Wildman–Crippen LogP) is 3.15. The molecule has 5 heterocycles. The number of fused-ring (bicyclic) bond motifs is 2. The number of halogens is 2. The Hall–Kier alpha value is -3.59. The van der Waals surface area contributed by atoms with Crippen LogP contribution in [0.1, 0.15) is 57.2 Å². The third kappa shape index (κ3) is 4.09. The first-order valence-electron chi connectivity index (χ1n) is 12.9. The van der Waals surface area contributed by atoms with Gasteiger partial charge in [0.2, 0.25) is 0 Å². The van der Waals surface area contributed by atoms with E-state index in [0.717, 1.165) is 0 Å². The first kappa shape index (κ1) is 26.0. The van der Waals surface area contributed by atoms with Crippen LogP contribution < -0.4 is 15.3 Å². The number of hydrogen-bond acceptors (Lipinski definition) is 8. The maximum Gasteiger partial charge on any atom is 0.350 e. The first-order valence-corrected chi connectivity index (χ1v) is 12.9. The number of aromatic nitrogens is 5. The van der Waals surface area contributed by atoms with E-state index in [1.807, 2.05) is 18.4 Å². The molecule has 0 saturated carbocycles. The summed E-state index contributed by atoms with van der Waals surface area (Å²) < 4.78 is 38.1. The zero-order chi connectivity index (χ0) is 27.4. The third-order valence-electron chi connectivity index (χ3n) is 7.79. The van der Waals surface area contributed by atoms with Crippen LogP contribution in [0, 0.1) is 11.3 Å². The largest absolute Gasteiger partial charge is 0.491 e. The lowest BCUT2D eigenvalue weighted by atomic mass is 9.97. The summed E-state index contributed by atoms with van der Waals surface area (Å²) in [7, 11) is 1.66. The van der Waals surface area contributed by atoms with Crippen LogP contribution in [0.15, 0.2) is 17.1 Å². The van der Waals surface area contributed by atoms with Crippen molar-refractivity contribution in [2.75, 3.05) is 24.6 Å². The molecule has 10 nitrogen and oxygen atoms in total. The number of nitrogens with zero attached hydrogens (tertiary/aromatic N) is 8. The number of anilines is 1. The van der Waals surface area contributed by atoms with Crippen molar-refractivity contribution in [1.82, 2.24) is 29.0 Å². The monoisotopic (exact) mass is 526 g/mol. The molecule has 1 unspecified atom stereocenters. The molecule has 0 spiro atoms. The number of aryl methyl sites for hydroxylation is 2. The van der Waals surface area contributed by atoms with Crippen LogP contribution in [0.5, 0.6) is 5.75 Å². The molecule has 1 saturated heterocycles. The van der Waals surface area contributed by atoms with Crippen LogP contribution in [0.4, 0.5) is 14.6 Å². The Morgan fingerprint density at radius 2 is 2.03 bits per heavy atom. The number of rotatable bonds is 5. The van der Waals surface area contributed by atoms with Gasteiger partial charge in [0, 0.05) is 56.6 Å². The van der Waals surface area contributed by atoms with Crippen molar-refractivity contribution < 1.29 is 13.5 Å². The smallest absolute Gasteiger partial charge is 0.350 e. The van der Waals surface area contributed by atoms with Gasteiger partial charge in [-0.3, -0.25) is 14.5 Å². The Kier molecular flexibility index (Phi) is 6.59. The van der Waals surface area contributed by atoms with Crippen LogP contribution in [-0.2, 0) is 25.9 Å². The van der Waals surface area contributed by atoms with Crippen molar-refractivity contribution in [2.45, 2.75) is 71.1 Å². The van der Waals surface area contributed by atoms with E-state index in [0.29, 0.717) is 48.0 Å². The standard InChI is InChI=1S/C26H32F2N8O2/c1-6-34-19(7-10-29)31-20-23(32-25(37)33(5)24(20)34)36-14-15(2)35(13-16(36)3)17(4)18-8-11-30-22-21(18)38-12-9-26(22,27)28/h8,11,15-17H,6-7,9,12-14H2,1-5H3/t15-,16+,17?/m1/s1. The molecule has 0 aromatic carbocycles. The summed E-state index contributed by atoms with van der Waals surface area (Å²) in [6.07, 6.45) is 1.18. The second-order valence-electron chi connectivity index (χ2n) is 10.2. The van der Waals surface area contributed by atoms with E-state index in [-0.39, 0.29) is 54.7 Å². The van der Waals surface area contributed by atoms with Crippen LogP contribution in [-0.4, -0.2) is 60.8 Å². The molecule has 0 radical (unpaired) electrons. The Labute approximate surface area is 219 Å². The molecule has 0 amide bonds. The molecule has 1 fully saturated rings. The summed E-state index contributed by atoms with van der Waals surface area (Å²) in [5, 5.41) is 9.30. The number of alkyl halides is 2. The van der Waals surface area contributed by atoms with Gasteiger partial charge < -0.3 is 14.2 Å². The molecule has 2 aliphatic rings. The van der Waals surface area contributed by atoms with Crippen LogP contribution in [0.25, 0.3) is 11.2 Å². The fourth-order valence-electron chi connectivity index (χ4n) is 5.80. The van der Waals surface area contributed by atoms with Crippen molar-refractivity contribution in [3.63, 3.8) is 0 Å². The third-order valence-corrected chi connectivity index (χ3v) is 7.79. The van der Waals surface area contributed by atoms with Gasteiger partial charge in [0.05, 0.1) is 25.5 Å². The predicted molar refractivity (Wildman–Crippen MR) is 137 cm³/mol. The average Bonchev–Trinajstić information content (AvgIpc) is 3.25. The second kappa shape index (κ2) is 9.62. The van der Waals surface area contributed by atoms with E-state index in [1.54, 1.807) is 13.1 Å². The minimum atomic E-state index is -3.01. The highest BCUT2D eigenvalue weighted by Crippen LogP contribution is 2.44. The zero-order valence-electron chi connectivity index (χ0n) is 22.3. The highest BCUT2D eigenvalue weighted by Gasteiger charge is 2.42. The molecule has 2 aliphatic heterocycles. The molecule has 0 N–H and O–H groups in total. The minimum absolute atomic E-state index is 0.00173. The molecule has 0 bridgehead atoms. The number of piperazine rings is 1. The molecule has 0 aliphatic carbocycles. The Balaban J connectivity index is 1.49. The lowest BCUT2D eigenvalue weighted by molar-refractivity contribution is -0.0459. The van der Waals surface area contributed by atoms with E-state index < -0.39 is 5.92 Å². The lowest BCUT2D eigenvalue weighted by Gasteiger charge is -2.47. The molecule has 3 aromatic rings. The number of hydrogen-bond donors (Lipinski definition) is 0. The Morgan fingerprint density at radius 1 is 1.26 bits per heavy atom. The quantitative estimate of drug-likeness (QED) is 0.499. The number of ether oxygens (including phenoxy) is 1. The molecule has 38 heavy (non-hydrogen) atoms. The molecule has 3 atom stereocenters. The van der Waals surface area contributed by atoms with Gasteiger partial charge in [0.1, 0.15) is 17.0 Å². The van der Waals surface area contributed by atoms with Gasteiger partial charge in [0.25, 0.3) is 5.92 Å². The average molecular weight is 527 g/mol. The van der Waals surface area contributed by atoms with Gasteiger partial charge in [-0.1, -0.05) is 0 Å². The fourth-order valence-corrected chi connectivity index (χ4v) is 5.80.